The lowest BCUT2D eigenvalue weighted by atomic mass is 10.0. The normalized spacial score (nSPS) is 16.0. The zero-order valence-corrected chi connectivity index (χ0v) is 18.1. The average molecular weight is 419 g/mol. The molecule has 0 bridgehead atoms. The van der Waals surface area contributed by atoms with E-state index in [1.807, 2.05) is 37.8 Å². The van der Waals surface area contributed by atoms with Crippen molar-refractivity contribution in [2.45, 2.75) is 33.7 Å². The molecule has 1 atom stereocenters. The number of carbonyl (C=O) groups excluding carboxylic acids is 2. The van der Waals surface area contributed by atoms with Gasteiger partial charge in [-0.05, 0) is 45.4 Å². The molecule has 1 fully saturated rings. The van der Waals surface area contributed by atoms with Gasteiger partial charge in [-0.15, -0.1) is 0 Å². The number of nitrogens with zero attached hydrogens (tertiary/aromatic N) is 2. The van der Waals surface area contributed by atoms with Crippen LogP contribution in [-0.2, 0) is 9.53 Å². The molecule has 1 aliphatic heterocycles. The van der Waals surface area contributed by atoms with E-state index < -0.39 is 6.04 Å². The van der Waals surface area contributed by atoms with Gasteiger partial charge < -0.3 is 14.1 Å². The monoisotopic (exact) mass is 418 g/mol. The summed E-state index contributed by atoms with van der Waals surface area (Å²) in [6, 6.07) is 6.74. The molecule has 0 unspecified atom stereocenters. The van der Waals surface area contributed by atoms with Crippen LogP contribution in [0.3, 0.4) is 0 Å². The first kappa shape index (κ1) is 21.4. The van der Waals surface area contributed by atoms with Gasteiger partial charge in [-0.2, -0.15) is 0 Å². The lowest BCUT2D eigenvalue weighted by Crippen LogP contribution is -2.51. The van der Waals surface area contributed by atoms with Crippen LogP contribution in [0.25, 0.3) is 0 Å². The van der Waals surface area contributed by atoms with Crippen LogP contribution >= 0.6 is 11.6 Å². The molecule has 0 aliphatic carbocycles. The van der Waals surface area contributed by atoms with Gasteiger partial charge >= 0.3 is 5.97 Å². The predicted octanol–water partition coefficient (Wildman–Crippen LogP) is 3.92. The third-order valence-corrected chi connectivity index (χ3v) is 5.69. The number of ether oxygens (including phenoxy) is 1. The van der Waals surface area contributed by atoms with Crippen LogP contribution in [0.4, 0.5) is 0 Å². The highest BCUT2D eigenvalue weighted by molar-refractivity contribution is 6.30. The smallest absolute Gasteiger partial charge is 0.328 e. The fraction of sp³-hybridized carbons (Fsp3) is 0.455. The van der Waals surface area contributed by atoms with Crippen LogP contribution in [0.5, 0.6) is 0 Å². The Morgan fingerprint density at radius 1 is 1.07 bits per heavy atom. The standard InChI is InChI=1S/C22H27ClN2O4/c1-5-28-22(27)20(17-6-8-18(23)9-7-17)24-10-12-25(13-11-24)21(26)19-14(2)15(3)29-16(19)4/h6-9,20H,5,10-13H2,1-4H3/t20-/m1/s1. The maximum atomic E-state index is 13.0. The molecule has 0 spiro atoms. The van der Waals surface area contributed by atoms with Gasteiger partial charge in [-0.1, -0.05) is 23.7 Å². The highest BCUT2D eigenvalue weighted by Gasteiger charge is 2.34. The number of aryl methyl sites for hydroxylation is 2. The van der Waals surface area contributed by atoms with Gasteiger partial charge in [0.15, 0.2) is 0 Å². The van der Waals surface area contributed by atoms with Gasteiger partial charge in [-0.3, -0.25) is 9.69 Å². The molecule has 0 saturated carbocycles. The molecule has 1 saturated heterocycles. The van der Waals surface area contributed by atoms with Gasteiger partial charge in [0, 0.05) is 36.8 Å². The molecule has 1 aromatic heterocycles. The summed E-state index contributed by atoms with van der Waals surface area (Å²) in [5.74, 6) is 1.12. The molecule has 156 valence electrons. The number of benzene rings is 1. The molecule has 2 heterocycles. The molecule has 3 rings (SSSR count). The highest BCUT2D eigenvalue weighted by Crippen LogP contribution is 2.27. The van der Waals surface area contributed by atoms with Crippen molar-refractivity contribution < 1.29 is 18.7 Å². The van der Waals surface area contributed by atoms with Crippen molar-refractivity contribution in [1.82, 2.24) is 9.80 Å². The second-order valence-corrected chi connectivity index (χ2v) is 7.69. The number of esters is 1. The van der Waals surface area contributed by atoms with E-state index in [0.717, 1.165) is 16.9 Å². The van der Waals surface area contributed by atoms with Crippen LogP contribution in [0.2, 0.25) is 5.02 Å². The van der Waals surface area contributed by atoms with Crippen LogP contribution in [0, 0.1) is 20.8 Å². The van der Waals surface area contributed by atoms with Crippen LogP contribution in [0.15, 0.2) is 28.7 Å². The van der Waals surface area contributed by atoms with E-state index in [2.05, 4.69) is 4.90 Å². The molecule has 0 N–H and O–H groups in total. The highest BCUT2D eigenvalue weighted by atomic mass is 35.5. The van der Waals surface area contributed by atoms with Crippen molar-refractivity contribution in [2.75, 3.05) is 32.8 Å². The van der Waals surface area contributed by atoms with E-state index in [9.17, 15) is 9.59 Å². The van der Waals surface area contributed by atoms with Gasteiger partial charge in [0.25, 0.3) is 5.91 Å². The minimum Gasteiger partial charge on any atom is -0.466 e. The third kappa shape index (κ3) is 4.49. The molecule has 7 heteroatoms. The Morgan fingerprint density at radius 2 is 1.69 bits per heavy atom. The van der Waals surface area contributed by atoms with E-state index >= 15 is 0 Å². The number of carbonyl (C=O) groups is 2. The second-order valence-electron chi connectivity index (χ2n) is 7.25. The zero-order chi connectivity index (χ0) is 21.1. The number of hydrogen-bond donors (Lipinski definition) is 0. The second kappa shape index (κ2) is 9.01. The van der Waals surface area contributed by atoms with Gasteiger partial charge in [0.05, 0.1) is 12.2 Å². The molecular formula is C22H27ClN2O4. The van der Waals surface area contributed by atoms with Crippen molar-refractivity contribution in [3.05, 3.63) is 57.5 Å². The van der Waals surface area contributed by atoms with Crippen molar-refractivity contribution >= 4 is 23.5 Å². The Morgan fingerprint density at radius 3 is 2.21 bits per heavy atom. The summed E-state index contributed by atoms with van der Waals surface area (Å²) in [6.07, 6.45) is 0. The summed E-state index contributed by atoms with van der Waals surface area (Å²) in [4.78, 5) is 29.6. The fourth-order valence-corrected chi connectivity index (χ4v) is 3.94. The lowest BCUT2D eigenvalue weighted by molar-refractivity contribution is -0.150. The topological polar surface area (TPSA) is 63.0 Å². The van der Waals surface area contributed by atoms with Crippen molar-refractivity contribution in [2.24, 2.45) is 0 Å². The molecule has 1 aromatic carbocycles. The molecule has 1 amide bonds. The van der Waals surface area contributed by atoms with Crippen molar-refractivity contribution in [3.63, 3.8) is 0 Å². The third-order valence-electron chi connectivity index (χ3n) is 5.44. The number of piperazine rings is 1. The average Bonchev–Trinajstić information content (AvgIpc) is 2.95. The minimum atomic E-state index is -0.510. The summed E-state index contributed by atoms with van der Waals surface area (Å²) in [5, 5.41) is 0.618. The molecule has 2 aromatic rings. The van der Waals surface area contributed by atoms with Crippen molar-refractivity contribution in [1.29, 1.82) is 0 Å². The Balaban J connectivity index is 1.75. The maximum absolute atomic E-state index is 13.0. The minimum absolute atomic E-state index is 0.0179. The SMILES string of the molecule is CCOC(=O)[C@@H](c1ccc(Cl)cc1)N1CCN(C(=O)c2c(C)oc(C)c2C)CC1. The van der Waals surface area contributed by atoms with E-state index in [1.54, 1.807) is 19.1 Å². The Labute approximate surface area is 176 Å². The summed E-state index contributed by atoms with van der Waals surface area (Å²) < 4.78 is 10.9. The molecule has 29 heavy (non-hydrogen) atoms. The summed E-state index contributed by atoms with van der Waals surface area (Å²) in [5.41, 5.74) is 2.38. The van der Waals surface area contributed by atoms with Crippen LogP contribution in [-0.4, -0.2) is 54.5 Å². The largest absolute Gasteiger partial charge is 0.466 e. The molecule has 0 radical (unpaired) electrons. The predicted molar refractivity (Wildman–Crippen MR) is 111 cm³/mol. The first-order chi connectivity index (χ1) is 13.8. The number of hydrogen-bond acceptors (Lipinski definition) is 5. The van der Waals surface area contributed by atoms with Crippen molar-refractivity contribution in [3.8, 4) is 0 Å². The quantitative estimate of drug-likeness (QED) is 0.688. The number of halogens is 1. The zero-order valence-electron chi connectivity index (χ0n) is 17.3. The maximum Gasteiger partial charge on any atom is 0.328 e. The van der Waals surface area contributed by atoms with E-state index in [-0.39, 0.29) is 11.9 Å². The Kier molecular flexibility index (Phi) is 6.65. The van der Waals surface area contributed by atoms with Crippen LogP contribution < -0.4 is 0 Å². The molecular weight excluding hydrogens is 392 g/mol. The van der Waals surface area contributed by atoms with Gasteiger partial charge in [0.1, 0.15) is 17.6 Å². The Hall–Kier alpha value is -2.31. The first-order valence-electron chi connectivity index (χ1n) is 9.85. The number of rotatable bonds is 5. The Bertz CT molecular complexity index is 883. The number of amides is 1. The summed E-state index contributed by atoms with van der Waals surface area (Å²) >= 11 is 6.00. The van der Waals surface area contributed by atoms with E-state index in [1.165, 1.54) is 0 Å². The molecule has 6 nitrogen and oxygen atoms in total. The van der Waals surface area contributed by atoms with E-state index in [4.69, 9.17) is 20.8 Å². The lowest BCUT2D eigenvalue weighted by Gasteiger charge is -2.38. The fourth-order valence-electron chi connectivity index (χ4n) is 3.81. The summed E-state index contributed by atoms with van der Waals surface area (Å²) in [7, 11) is 0. The van der Waals surface area contributed by atoms with E-state index in [0.29, 0.717) is 49.1 Å². The molecule has 1 aliphatic rings. The summed E-state index contributed by atoms with van der Waals surface area (Å²) in [6.45, 7) is 9.93. The van der Waals surface area contributed by atoms with Crippen LogP contribution in [0.1, 0.15) is 46.0 Å². The van der Waals surface area contributed by atoms with Gasteiger partial charge in [-0.25, -0.2) is 4.79 Å². The van der Waals surface area contributed by atoms with Gasteiger partial charge in [0.2, 0.25) is 0 Å². The first-order valence-corrected chi connectivity index (χ1v) is 10.2. The number of furan rings is 1.